The minimum absolute atomic E-state index is 0.171. The molecule has 1 amide bonds. The first kappa shape index (κ1) is 21.5. The van der Waals surface area contributed by atoms with Crippen molar-refractivity contribution in [2.75, 3.05) is 33.8 Å². The second-order valence-electron chi connectivity index (χ2n) is 9.74. The van der Waals surface area contributed by atoms with Crippen molar-refractivity contribution < 1.29 is 9.53 Å². The summed E-state index contributed by atoms with van der Waals surface area (Å²) >= 11 is 0. The molecular weight excluding hydrogens is 366 g/mol. The minimum atomic E-state index is 0.171. The van der Waals surface area contributed by atoms with E-state index in [1.165, 1.54) is 25.7 Å². The number of amides is 1. The number of carbonyl (C=O) groups excluding carboxylic acids is 1. The first-order valence-electron chi connectivity index (χ1n) is 11.8. The van der Waals surface area contributed by atoms with E-state index in [2.05, 4.69) is 33.1 Å². The smallest absolute Gasteiger partial charge is 0.223 e. The Morgan fingerprint density at radius 2 is 1.90 bits per heavy atom. The molecule has 2 saturated heterocycles. The van der Waals surface area contributed by atoms with E-state index in [-0.39, 0.29) is 18.0 Å². The number of nitrogens with zero attached hydrogens (tertiary/aromatic N) is 1. The molecule has 2 aliphatic carbocycles. The molecule has 0 aromatic heterocycles. The Kier molecular flexibility index (Phi) is 7.12. The van der Waals surface area contributed by atoms with E-state index in [1.54, 1.807) is 7.05 Å². The molecule has 4 fully saturated rings. The largest absolute Gasteiger partial charge is 0.381 e. The lowest BCUT2D eigenvalue weighted by Crippen LogP contribution is -2.67. The zero-order valence-corrected chi connectivity index (χ0v) is 18.5. The van der Waals surface area contributed by atoms with Crippen LogP contribution in [0.2, 0.25) is 0 Å². The highest BCUT2D eigenvalue weighted by molar-refractivity contribution is 5.78. The van der Waals surface area contributed by atoms with Gasteiger partial charge in [-0.2, -0.15) is 0 Å². The Hall–Kier alpha value is -0.730. The first-order chi connectivity index (χ1) is 14.1. The zero-order valence-electron chi connectivity index (χ0n) is 18.5. The summed E-state index contributed by atoms with van der Waals surface area (Å²) in [7, 11) is 3.61. The van der Waals surface area contributed by atoms with Gasteiger partial charge in [-0.25, -0.2) is 0 Å². The summed E-state index contributed by atoms with van der Waals surface area (Å²) in [5, 5.41) is 14.3. The van der Waals surface area contributed by atoms with Crippen LogP contribution in [0.15, 0.2) is 0 Å². The summed E-state index contributed by atoms with van der Waals surface area (Å²) in [5.74, 6) is 1.60. The van der Waals surface area contributed by atoms with Crippen LogP contribution in [-0.2, 0) is 9.53 Å². The standard InChI is InChI=1S/C22H41N5O2/c1-14-12-16(6-9-18(14)22(28)23-2)26-20-21-25-13-19(27(21)11-10-24-20)15-4-7-17(29-3)8-5-15/h14-21,24-26H,4-13H2,1-3H3,(H,23,28). The van der Waals surface area contributed by atoms with Crippen LogP contribution in [0.3, 0.4) is 0 Å². The van der Waals surface area contributed by atoms with Gasteiger partial charge in [0.25, 0.3) is 0 Å². The molecule has 0 bridgehead atoms. The number of hydrogen-bond donors (Lipinski definition) is 4. The van der Waals surface area contributed by atoms with Gasteiger partial charge in [0.2, 0.25) is 5.91 Å². The molecule has 2 saturated carbocycles. The fourth-order valence-corrected chi connectivity index (χ4v) is 6.43. The van der Waals surface area contributed by atoms with Gasteiger partial charge in [0.15, 0.2) is 0 Å². The lowest BCUT2D eigenvalue weighted by Gasteiger charge is -2.44. The molecule has 0 radical (unpaired) electrons. The second-order valence-corrected chi connectivity index (χ2v) is 9.74. The number of piperazine rings is 1. The molecule has 6 unspecified atom stereocenters. The number of ether oxygens (including phenoxy) is 1. The molecule has 6 atom stereocenters. The number of fused-ring (bicyclic) bond motifs is 1. The lowest BCUT2D eigenvalue weighted by atomic mass is 9.77. The highest BCUT2D eigenvalue weighted by atomic mass is 16.5. The number of methoxy groups -OCH3 is 1. The normalized spacial score (nSPS) is 43.7. The molecule has 29 heavy (non-hydrogen) atoms. The lowest BCUT2D eigenvalue weighted by molar-refractivity contribution is -0.127. The summed E-state index contributed by atoms with van der Waals surface area (Å²) in [6, 6.07) is 1.15. The van der Waals surface area contributed by atoms with Gasteiger partial charge in [-0.1, -0.05) is 6.92 Å². The van der Waals surface area contributed by atoms with E-state index in [0.717, 1.165) is 44.8 Å². The molecule has 166 valence electrons. The molecule has 0 spiro atoms. The van der Waals surface area contributed by atoms with Crippen LogP contribution >= 0.6 is 0 Å². The predicted molar refractivity (Wildman–Crippen MR) is 114 cm³/mol. The van der Waals surface area contributed by atoms with Crippen LogP contribution in [0.4, 0.5) is 0 Å². The van der Waals surface area contributed by atoms with Gasteiger partial charge < -0.3 is 10.1 Å². The number of nitrogens with one attached hydrogen (secondary N) is 4. The maximum absolute atomic E-state index is 12.1. The van der Waals surface area contributed by atoms with Crippen LogP contribution < -0.4 is 21.3 Å². The van der Waals surface area contributed by atoms with Gasteiger partial charge in [-0.3, -0.25) is 25.6 Å². The van der Waals surface area contributed by atoms with Gasteiger partial charge in [-0.05, 0) is 56.8 Å². The summed E-state index contributed by atoms with van der Waals surface area (Å²) in [4.78, 5) is 14.8. The maximum atomic E-state index is 12.1. The van der Waals surface area contributed by atoms with Crippen molar-refractivity contribution in [2.24, 2.45) is 17.8 Å². The first-order valence-corrected chi connectivity index (χ1v) is 11.8. The molecule has 0 aromatic carbocycles. The molecule has 4 N–H and O–H groups in total. The van der Waals surface area contributed by atoms with Crippen LogP contribution in [0.1, 0.15) is 51.9 Å². The van der Waals surface area contributed by atoms with Gasteiger partial charge in [0, 0.05) is 51.8 Å². The van der Waals surface area contributed by atoms with Crippen molar-refractivity contribution in [1.82, 2.24) is 26.2 Å². The van der Waals surface area contributed by atoms with E-state index < -0.39 is 0 Å². The Bertz CT molecular complexity index is 553. The fraction of sp³-hybridized carbons (Fsp3) is 0.955. The topological polar surface area (TPSA) is 77.7 Å². The Morgan fingerprint density at radius 3 is 2.59 bits per heavy atom. The van der Waals surface area contributed by atoms with Gasteiger partial charge in [-0.15, -0.1) is 0 Å². The monoisotopic (exact) mass is 407 g/mol. The number of hydrogen-bond acceptors (Lipinski definition) is 6. The van der Waals surface area contributed by atoms with Crippen LogP contribution in [0.25, 0.3) is 0 Å². The van der Waals surface area contributed by atoms with Gasteiger partial charge in [0.1, 0.15) is 0 Å². The predicted octanol–water partition coefficient (Wildman–Crippen LogP) is 0.861. The van der Waals surface area contributed by atoms with Crippen LogP contribution in [-0.4, -0.2) is 75.1 Å². The quantitative estimate of drug-likeness (QED) is 0.542. The minimum Gasteiger partial charge on any atom is -0.381 e. The Morgan fingerprint density at radius 1 is 1.10 bits per heavy atom. The third-order valence-electron chi connectivity index (χ3n) is 8.13. The number of carbonyl (C=O) groups is 1. The molecule has 0 aromatic rings. The van der Waals surface area contributed by atoms with Crippen molar-refractivity contribution in [1.29, 1.82) is 0 Å². The summed E-state index contributed by atoms with van der Waals surface area (Å²) in [6.45, 7) is 5.51. The summed E-state index contributed by atoms with van der Waals surface area (Å²) in [6.07, 6.45) is 9.29. The van der Waals surface area contributed by atoms with Crippen molar-refractivity contribution in [2.45, 2.75) is 82.4 Å². The number of rotatable bonds is 5. The Labute approximate surface area is 176 Å². The molecule has 2 aliphatic heterocycles. The zero-order chi connectivity index (χ0) is 20.4. The molecule has 7 nitrogen and oxygen atoms in total. The third kappa shape index (κ3) is 4.64. The third-order valence-corrected chi connectivity index (χ3v) is 8.13. The van der Waals surface area contributed by atoms with E-state index in [4.69, 9.17) is 4.74 Å². The van der Waals surface area contributed by atoms with E-state index in [0.29, 0.717) is 30.3 Å². The highest BCUT2D eigenvalue weighted by Gasteiger charge is 2.44. The van der Waals surface area contributed by atoms with Gasteiger partial charge >= 0.3 is 0 Å². The molecular formula is C22H41N5O2. The average molecular weight is 408 g/mol. The van der Waals surface area contributed by atoms with Crippen LogP contribution in [0.5, 0.6) is 0 Å². The average Bonchev–Trinajstić information content (AvgIpc) is 3.18. The van der Waals surface area contributed by atoms with Gasteiger partial charge in [0.05, 0.1) is 18.4 Å². The Balaban J connectivity index is 1.31. The second kappa shape index (κ2) is 9.60. The van der Waals surface area contributed by atoms with Crippen molar-refractivity contribution in [3.63, 3.8) is 0 Å². The molecule has 4 rings (SSSR count). The van der Waals surface area contributed by atoms with Crippen molar-refractivity contribution in [3.8, 4) is 0 Å². The van der Waals surface area contributed by atoms with E-state index >= 15 is 0 Å². The van der Waals surface area contributed by atoms with E-state index in [9.17, 15) is 4.79 Å². The van der Waals surface area contributed by atoms with Crippen molar-refractivity contribution >= 4 is 5.91 Å². The summed E-state index contributed by atoms with van der Waals surface area (Å²) in [5.41, 5.74) is 0. The molecule has 4 aliphatic rings. The fourth-order valence-electron chi connectivity index (χ4n) is 6.43. The highest BCUT2D eigenvalue weighted by Crippen LogP contribution is 2.34. The van der Waals surface area contributed by atoms with Crippen molar-refractivity contribution in [3.05, 3.63) is 0 Å². The summed E-state index contributed by atoms with van der Waals surface area (Å²) < 4.78 is 5.57. The van der Waals surface area contributed by atoms with Crippen LogP contribution in [0, 0.1) is 17.8 Å². The molecule has 7 heteroatoms. The molecule has 2 heterocycles. The van der Waals surface area contributed by atoms with E-state index in [1.807, 2.05) is 7.11 Å². The maximum Gasteiger partial charge on any atom is 0.223 e. The SMILES string of the molecule is CNC(=O)C1CCC(NC2NCCN3C(C4CCC(OC)CC4)CNC23)CC1C.